The van der Waals surface area contributed by atoms with Crippen molar-refractivity contribution >= 4 is 11.3 Å². The molecule has 1 heterocycles. The summed E-state index contributed by atoms with van der Waals surface area (Å²) in [6, 6.07) is 0.623. The van der Waals surface area contributed by atoms with Gasteiger partial charge in [-0.05, 0) is 37.1 Å². The fourth-order valence-corrected chi connectivity index (χ4v) is 3.93. The minimum atomic E-state index is 0.498. The molecule has 1 N–H and O–H groups in total. The first-order chi connectivity index (χ1) is 8.13. The molecule has 0 bridgehead atoms. The van der Waals surface area contributed by atoms with Gasteiger partial charge in [0.05, 0.1) is 5.51 Å². The van der Waals surface area contributed by atoms with Gasteiger partial charge in [0.2, 0.25) is 0 Å². The molecule has 1 aromatic heterocycles. The maximum atomic E-state index is 4.19. The van der Waals surface area contributed by atoms with Crippen LogP contribution in [0.5, 0.6) is 0 Å². The lowest BCUT2D eigenvalue weighted by Crippen LogP contribution is -2.42. The molecule has 0 saturated heterocycles. The summed E-state index contributed by atoms with van der Waals surface area (Å²) in [5.74, 6) is 0.810. The van der Waals surface area contributed by atoms with Crippen LogP contribution in [0.4, 0.5) is 0 Å². The van der Waals surface area contributed by atoms with Crippen molar-refractivity contribution in [2.45, 2.75) is 52.5 Å². The number of nitrogens with zero attached hydrogens (tertiary/aromatic N) is 1. The van der Waals surface area contributed by atoms with Crippen molar-refractivity contribution in [3.8, 4) is 0 Å². The van der Waals surface area contributed by atoms with Gasteiger partial charge in [0.1, 0.15) is 0 Å². The molecule has 3 heteroatoms. The zero-order valence-electron chi connectivity index (χ0n) is 11.2. The van der Waals surface area contributed by atoms with Crippen LogP contribution >= 0.6 is 11.3 Å². The van der Waals surface area contributed by atoms with Gasteiger partial charge in [-0.2, -0.15) is 0 Å². The summed E-state index contributed by atoms with van der Waals surface area (Å²) in [5, 5.41) is 3.70. The van der Waals surface area contributed by atoms with Crippen molar-refractivity contribution in [2.24, 2.45) is 11.3 Å². The monoisotopic (exact) mass is 252 g/mol. The molecule has 0 aliphatic heterocycles. The highest BCUT2D eigenvalue weighted by Crippen LogP contribution is 2.45. The third kappa shape index (κ3) is 3.08. The Kier molecular flexibility index (Phi) is 4.21. The molecule has 1 aromatic rings. The Balaban J connectivity index is 2.06. The first-order valence-electron chi connectivity index (χ1n) is 6.74. The normalized spacial score (nSPS) is 25.0. The Bertz CT molecular complexity index is 332. The maximum absolute atomic E-state index is 4.19. The predicted molar refractivity (Wildman–Crippen MR) is 74.4 cm³/mol. The fraction of sp³-hybridized carbons (Fsp3) is 0.786. The van der Waals surface area contributed by atoms with E-state index in [2.05, 4.69) is 31.1 Å². The molecular formula is C14H24N2S. The van der Waals surface area contributed by atoms with Crippen LogP contribution < -0.4 is 5.32 Å². The number of likely N-dealkylation sites (N-methyl/N-ethyl adjacent to an activating group) is 1. The van der Waals surface area contributed by atoms with E-state index in [9.17, 15) is 0 Å². The lowest BCUT2D eigenvalue weighted by Gasteiger charge is -2.34. The number of thiazole rings is 1. The minimum Gasteiger partial charge on any atom is -0.314 e. The first kappa shape index (κ1) is 13.0. The molecule has 2 unspecified atom stereocenters. The zero-order chi connectivity index (χ0) is 12.3. The second kappa shape index (κ2) is 5.49. The van der Waals surface area contributed by atoms with Crippen molar-refractivity contribution in [3.05, 3.63) is 16.6 Å². The lowest BCUT2D eigenvalue weighted by atomic mass is 9.76. The summed E-state index contributed by atoms with van der Waals surface area (Å²) in [4.78, 5) is 5.60. The summed E-state index contributed by atoms with van der Waals surface area (Å²) in [7, 11) is 0. The van der Waals surface area contributed by atoms with Gasteiger partial charge < -0.3 is 5.32 Å². The van der Waals surface area contributed by atoms with E-state index in [1.54, 1.807) is 11.3 Å². The number of hydrogen-bond acceptors (Lipinski definition) is 3. The van der Waals surface area contributed by atoms with Gasteiger partial charge in [-0.25, -0.2) is 0 Å². The number of rotatable bonds is 5. The second-order valence-electron chi connectivity index (χ2n) is 5.82. The largest absolute Gasteiger partial charge is 0.314 e. The molecule has 0 amide bonds. The van der Waals surface area contributed by atoms with Gasteiger partial charge in [0.25, 0.3) is 0 Å². The van der Waals surface area contributed by atoms with E-state index in [1.165, 1.54) is 24.1 Å². The average Bonchev–Trinajstić information content (AvgIpc) is 2.86. The van der Waals surface area contributed by atoms with E-state index in [1.807, 2.05) is 11.7 Å². The van der Waals surface area contributed by atoms with Gasteiger partial charge in [0, 0.05) is 17.1 Å². The maximum Gasteiger partial charge on any atom is 0.0794 e. The van der Waals surface area contributed by atoms with E-state index in [4.69, 9.17) is 0 Å². The van der Waals surface area contributed by atoms with E-state index >= 15 is 0 Å². The third-order valence-electron chi connectivity index (χ3n) is 4.20. The van der Waals surface area contributed by atoms with Crippen LogP contribution in [-0.2, 0) is 6.42 Å². The summed E-state index contributed by atoms with van der Waals surface area (Å²) in [5.41, 5.74) is 2.44. The van der Waals surface area contributed by atoms with Crippen molar-refractivity contribution < 1.29 is 0 Å². The highest BCUT2D eigenvalue weighted by Gasteiger charge is 2.39. The van der Waals surface area contributed by atoms with Crippen LogP contribution in [0.3, 0.4) is 0 Å². The molecular weight excluding hydrogens is 228 g/mol. The van der Waals surface area contributed by atoms with Crippen molar-refractivity contribution in [2.75, 3.05) is 6.54 Å². The van der Waals surface area contributed by atoms with Crippen molar-refractivity contribution in [1.29, 1.82) is 0 Å². The van der Waals surface area contributed by atoms with Crippen LogP contribution in [0.2, 0.25) is 0 Å². The molecule has 2 rings (SSSR count). The quantitative estimate of drug-likeness (QED) is 0.867. The van der Waals surface area contributed by atoms with E-state index in [0.29, 0.717) is 11.5 Å². The Morgan fingerprint density at radius 1 is 1.59 bits per heavy atom. The topological polar surface area (TPSA) is 24.9 Å². The van der Waals surface area contributed by atoms with E-state index in [0.717, 1.165) is 18.9 Å². The third-order valence-corrected chi connectivity index (χ3v) is 5.00. The van der Waals surface area contributed by atoms with Gasteiger partial charge in [0.15, 0.2) is 0 Å². The Morgan fingerprint density at radius 3 is 2.94 bits per heavy atom. The Morgan fingerprint density at radius 2 is 2.41 bits per heavy atom. The van der Waals surface area contributed by atoms with Crippen molar-refractivity contribution in [1.82, 2.24) is 10.3 Å². The lowest BCUT2D eigenvalue weighted by molar-refractivity contribution is 0.197. The molecule has 1 fully saturated rings. The number of nitrogens with one attached hydrogen (secondary N) is 1. The van der Waals surface area contributed by atoms with Gasteiger partial charge in [-0.15, -0.1) is 11.3 Å². The molecule has 1 saturated carbocycles. The van der Waals surface area contributed by atoms with Gasteiger partial charge in [-0.1, -0.05) is 27.2 Å². The highest BCUT2D eigenvalue weighted by molar-refractivity contribution is 7.09. The Hall–Kier alpha value is -0.410. The summed E-state index contributed by atoms with van der Waals surface area (Å²) in [6.45, 7) is 8.14. The average molecular weight is 252 g/mol. The fourth-order valence-electron chi connectivity index (χ4n) is 3.28. The molecule has 0 spiro atoms. The summed E-state index contributed by atoms with van der Waals surface area (Å²) >= 11 is 1.78. The standard InChI is InChI=1S/C14H24N2S/c1-4-16-13(8-11-9-15-10-17-11)12-6-5-7-14(12,2)3/h9-10,12-13,16H,4-8H2,1-3H3. The molecule has 1 aliphatic rings. The first-order valence-corrected chi connectivity index (χ1v) is 7.62. The minimum absolute atomic E-state index is 0.498. The molecule has 0 radical (unpaired) electrons. The van der Waals surface area contributed by atoms with Gasteiger partial charge >= 0.3 is 0 Å². The summed E-state index contributed by atoms with van der Waals surface area (Å²) < 4.78 is 0. The molecule has 2 atom stereocenters. The van der Waals surface area contributed by atoms with E-state index < -0.39 is 0 Å². The molecule has 2 nitrogen and oxygen atoms in total. The predicted octanol–water partition coefficient (Wildman–Crippen LogP) is 3.49. The molecule has 1 aliphatic carbocycles. The highest BCUT2D eigenvalue weighted by atomic mass is 32.1. The molecule has 17 heavy (non-hydrogen) atoms. The van der Waals surface area contributed by atoms with Crippen LogP contribution in [-0.4, -0.2) is 17.6 Å². The SMILES string of the molecule is CCNC(Cc1cncs1)C1CCCC1(C)C. The Labute approximate surface area is 109 Å². The number of aromatic nitrogens is 1. The second-order valence-corrected chi connectivity index (χ2v) is 6.79. The van der Waals surface area contributed by atoms with Crippen LogP contribution in [0.15, 0.2) is 11.7 Å². The van der Waals surface area contributed by atoms with Gasteiger partial charge in [-0.3, -0.25) is 4.98 Å². The number of hydrogen-bond donors (Lipinski definition) is 1. The van der Waals surface area contributed by atoms with Crippen LogP contribution in [0.1, 0.15) is 44.9 Å². The van der Waals surface area contributed by atoms with Crippen LogP contribution in [0, 0.1) is 11.3 Å². The summed E-state index contributed by atoms with van der Waals surface area (Å²) in [6.07, 6.45) is 7.32. The van der Waals surface area contributed by atoms with Crippen LogP contribution in [0.25, 0.3) is 0 Å². The van der Waals surface area contributed by atoms with Crippen molar-refractivity contribution in [3.63, 3.8) is 0 Å². The zero-order valence-corrected chi connectivity index (χ0v) is 12.0. The molecule has 0 aromatic carbocycles. The smallest absolute Gasteiger partial charge is 0.0794 e. The molecule has 96 valence electrons. The van der Waals surface area contributed by atoms with E-state index in [-0.39, 0.29) is 0 Å².